The van der Waals surface area contributed by atoms with Crippen molar-refractivity contribution in [2.75, 3.05) is 13.7 Å². The lowest BCUT2D eigenvalue weighted by Crippen LogP contribution is -2.39. The minimum atomic E-state index is -3.52. The van der Waals surface area contributed by atoms with Crippen LogP contribution in [0, 0.1) is 0 Å². The molecule has 0 saturated heterocycles. The lowest BCUT2D eigenvalue weighted by molar-refractivity contribution is 0.00700. The molecule has 0 aliphatic carbocycles. The maximum atomic E-state index is 12.2. The number of rotatable bonds is 6. The average molecular weight is 346 g/mol. The van der Waals surface area contributed by atoms with Gasteiger partial charge in [-0.25, -0.2) is 13.1 Å². The predicted molar refractivity (Wildman–Crippen MR) is 85.3 cm³/mol. The molecule has 2 aromatic rings. The highest BCUT2D eigenvalue weighted by atomic mass is 35.5. The maximum absolute atomic E-state index is 12.2. The van der Waals surface area contributed by atoms with Gasteiger partial charge in [0.05, 0.1) is 0 Å². The summed E-state index contributed by atoms with van der Waals surface area (Å²) < 4.78 is 32.7. The number of halogens is 1. The Morgan fingerprint density at radius 2 is 2.10 bits per heavy atom. The number of nitrogens with one attached hydrogen (secondary N) is 1. The van der Waals surface area contributed by atoms with Crippen molar-refractivity contribution in [2.24, 2.45) is 0 Å². The Bertz CT molecular complexity index is 701. The van der Waals surface area contributed by atoms with Gasteiger partial charge in [-0.15, -0.1) is 11.3 Å². The van der Waals surface area contributed by atoms with Gasteiger partial charge < -0.3 is 4.74 Å². The molecule has 1 heterocycles. The maximum Gasteiger partial charge on any atom is 0.250 e. The van der Waals surface area contributed by atoms with Gasteiger partial charge in [0.1, 0.15) is 9.81 Å². The number of methoxy groups -OCH3 is 1. The summed E-state index contributed by atoms with van der Waals surface area (Å²) in [5, 5.41) is 2.30. The van der Waals surface area contributed by atoms with E-state index >= 15 is 0 Å². The summed E-state index contributed by atoms with van der Waals surface area (Å²) in [6, 6.07) is 10.5. The van der Waals surface area contributed by atoms with Crippen LogP contribution in [0.2, 0.25) is 5.02 Å². The molecule has 0 aliphatic rings. The highest BCUT2D eigenvalue weighted by Gasteiger charge is 2.29. The van der Waals surface area contributed by atoms with Crippen LogP contribution in [0.3, 0.4) is 0 Å². The minimum absolute atomic E-state index is 0.115. The Labute approximate surface area is 133 Å². The first-order chi connectivity index (χ1) is 9.87. The van der Waals surface area contributed by atoms with Crippen LogP contribution in [0.4, 0.5) is 0 Å². The summed E-state index contributed by atoms with van der Waals surface area (Å²) in [6.07, 6.45) is 0. The molecule has 0 bridgehead atoms. The Balaban J connectivity index is 2.20. The van der Waals surface area contributed by atoms with Crippen molar-refractivity contribution >= 4 is 33.0 Å². The zero-order valence-corrected chi connectivity index (χ0v) is 14.1. The Morgan fingerprint density at radius 3 is 2.67 bits per heavy atom. The second kappa shape index (κ2) is 6.46. The van der Waals surface area contributed by atoms with E-state index in [4.69, 9.17) is 16.3 Å². The lowest BCUT2D eigenvalue weighted by atomic mass is 9.96. The molecule has 0 unspecified atom stereocenters. The molecule has 0 spiro atoms. The molecule has 7 heteroatoms. The lowest BCUT2D eigenvalue weighted by Gasteiger charge is -2.29. The van der Waals surface area contributed by atoms with Crippen molar-refractivity contribution in [3.8, 4) is 0 Å². The monoisotopic (exact) mass is 345 g/mol. The van der Waals surface area contributed by atoms with E-state index in [-0.39, 0.29) is 10.8 Å². The molecule has 0 saturated carbocycles. The number of hydrogen-bond acceptors (Lipinski definition) is 4. The van der Waals surface area contributed by atoms with Crippen LogP contribution in [0.25, 0.3) is 0 Å². The van der Waals surface area contributed by atoms with E-state index in [0.717, 1.165) is 5.56 Å². The van der Waals surface area contributed by atoms with Crippen molar-refractivity contribution in [2.45, 2.75) is 16.7 Å². The molecule has 114 valence electrons. The number of ether oxygens (including phenoxy) is 1. The summed E-state index contributed by atoms with van der Waals surface area (Å²) in [5.74, 6) is 0. The van der Waals surface area contributed by atoms with Crippen molar-refractivity contribution in [1.29, 1.82) is 0 Å². The van der Waals surface area contributed by atoms with Crippen molar-refractivity contribution in [3.63, 3.8) is 0 Å². The molecule has 0 fully saturated rings. The first-order valence-electron chi connectivity index (χ1n) is 6.22. The fraction of sp³-hybridized carbons (Fsp3) is 0.286. The predicted octanol–water partition coefficient (Wildman–Crippen LogP) is 3.24. The van der Waals surface area contributed by atoms with Crippen LogP contribution in [0.15, 0.2) is 46.0 Å². The standard InChI is InChI=1S/C14H16ClNO3S2/c1-14(19-2,11-5-3-6-12(15)9-11)10-16-21(17,18)13-7-4-8-20-13/h3-9,16H,10H2,1-2H3/t14-/m0/s1. The number of benzene rings is 1. The Kier molecular flexibility index (Phi) is 5.06. The number of sulfonamides is 1. The van der Waals surface area contributed by atoms with Crippen LogP contribution < -0.4 is 4.72 Å². The summed E-state index contributed by atoms with van der Waals surface area (Å²) in [6.45, 7) is 1.93. The van der Waals surface area contributed by atoms with E-state index in [1.807, 2.05) is 19.1 Å². The zero-order chi connectivity index (χ0) is 15.5. The second-order valence-electron chi connectivity index (χ2n) is 4.70. The van der Waals surface area contributed by atoms with Gasteiger partial charge in [-0.3, -0.25) is 0 Å². The van der Waals surface area contributed by atoms with Gasteiger partial charge in [-0.2, -0.15) is 0 Å². The normalized spacial score (nSPS) is 14.8. The summed E-state index contributed by atoms with van der Waals surface area (Å²) in [5.41, 5.74) is 0.0151. The van der Waals surface area contributed by atoms with E-state index in [0.29, 0.717) is 5.02 Å². The highest BCUT2D eigenvalue weighted by molar-refractivity contribution is 7.91. The molecule has 1 atom stereocenters. The molecule has 21 heavy (non-hydrogen) atoms. The number of thiophene rings is 1. The van der Waals surface area contributed by atoms with Crippen molar-refractivity contribution in [3.05, 3.63) is 52.4 Å². The van der Waals surface area contributed by atoms with Gasteiger partial charge in [0, 0.05) is 18.7 Å². The van der Waals surface area contributed by atoms with Crippen LogP contribution in [0.1, 0.15) is 12.5 Å². The fourth-order valence-corrected chi connectivity index (χ4v) is 4.18. The molecule has 4 nitrogen and oxygen atoms in total. The Hall–Kier alpha value is -0.920. The van der Waals surface area contributed by atoms with Gasteiger partial charge in [0.2, 0.25) is 10.0 Å². The third-order valence-electron chi connectivity index (χ3n) is 3.25. The van der Waals surface area contributed by atoms with Crippen molar-refractivity contribution < 1.29 is 13.2 Å². The Morgan fingerprint density at radius 1 is 1.33 bits per heavy atom. The van der Waals surface area contributed by atoms with E-state index in [9.17, 15) is 8.42 Å². The van der Waals surface area contributed by atoms with E-state index in [1.54, 1.807) is 36.8 Å². The molecule has 1 N–H and O–H groups in total. The first-order valence-corrected chi connectivity index (χ1v) is 8.96. The minimum Gasteiger partial charge on any atom is -0.372 e. The van der Waals surface area contributed by atoms with E-state index < -0.39 is 15.6 Å². The molecular formula is C14H16ClNO3S2. The molecule has 0 aliphatic heterocycles. The smallest absolute Gasteiger partial charge is 0.250 e. The largest absolute Gasteiger partial charge is 0.372 e. The quantitative estimate of drug-likeness (QED) is 0.874. The summed E-state index contributed by atoms with van der Waals surface area (Å²) in [7, 11) is -1.98. The fourth-order valence-electron chi connectivity index (χ4n) is 1.83. The van der Waals surface area contributed by atoms with Gasteiger partial charge in [-0.05, 0) is 36.1 Å². The van der Waals surface area contributed by atoms with E-state index in [2.05, 4.69) is 4.72 Å². The van der Waals surface area contributed by atoms with Crippen LogP contribution >= 0.6 is 22.9 Å². The van der Waals surface area contributed by atoms with Gasteiger partial charge in [0.25, 0.3) is 0 Å². The summed E-state index contributed by atoms with van der Waals surface area (Å²) in [4.78, 5) is 0. The molecule has 0 amide bonds. The van der Waals surface area contributed by atoms with Crippen LogP contribution in [0.5, 0.6) is 0 Å². The highest BCUT2D eigenvalue weighted by Crippen LogP contribution is 2.27. The summed E-state index contributed by atoms with van der Waals surface area (Å²) >= 11 is 7.16. The zero-order valence-electron chi connectivity index (χ0n) is 11.7. The van der Waals surface area contributed by atoms with Gasteiger partial charge >= 0.3 is 0 Å². The van der Waals surface area contributed by atoms with Crippen LogP contribution in [-0.2, 0) is 20.4 Å². The molecule has 2 rings (SSSR count). The van der Waals surface area contributed by atoms with Gasteiger partial charge in [-0.1, -0.05) is 29.8 Å². The third kappa shape index (κ3) is 3.84. The third-order valence-corrected chi connectivity index (χ3v) is 6.28. The molecule has 0 radical (unpaired) electrons. The topological polar surface area (TPSA) is 55.4 Å². The average Bonchev–Trinajstić information content (AvgIpc) is 3.00. The van der Waals surface area contributed by atoms with Gasteiger partial charge in [0.15, 0.2) is 0 Å². The molecular weight excluding hydrogens is 330 g/mol. The SMILES string of the molecule is CO[C@@](C)(CNS(=O)(=O)c1cccs1)c1cccc(Cl)c1. The van der Waals surface area contributed by atoms with E-state index in [1.165, 1.54) is 11.3 Å². The molecule has 1 aromatic heterocycles. The van der Waals surface area contributed by atoms with Crippen molar-refractivity contribution in [1.82, 2.24) is 4.72 Å². The first kappa shape index (κ1) is 16.5. The molecule has 1 aromatic carbocycles. The number of hydrogen-bond donors (Lipinski definition) is 1. The second-order valence-corrected chi connectivity index (χ2v) is 8.08. The van der Waals surface area contributed by atoms with Crippen LogP contribution in [-0.4, -0.2) is 22.1 Å².